The number of unbranched alkanes of at least 4 members (excludes halogenated alkanes) is 4. The number of hydrogen-bond acceptors (Lipinski definition) is 1. The van der Waals surface area contributed by atoms with E-state index in [2.05, 4.69) is 39.9 Å². The fourth-order valence-electron chi connectivity index (χ4n) is 3.32. The second kappa shape index (κ2) is 13.4. The van der Waals surface area contributed by atoms with E-state index >= 15 is 0 Å². The Kier molecular flexibility index (Phi) is 13.9. The van der Waals surface area contributed by atoms with Gasteiger partial charge in [0.15, 0.2) is 0 Å². The molecule has 0 saturated heterocycles. The first-order valence-electron chi connectivity index (χ1n) is 9.40. The molecule has 0 amide bonds. The van der Waals surface area contributed by atoms with Crippen LogP contribution in [0.4, 0.5) is 0 Å². The Balaban J connectivity index is 4.71. The molecule has 1 atom stereocenters. The SMILES string of the molecule is CCCCN[CH](C)[Sn]([CH2]CCC)([CH2]CCC)[CH2]CCC. The third-order valence-corrected chi connectivity index (χ3v) is 22.4. The van der Waals surface area contributed by atoms with Crippen LogP contribution in [-0.2, 0) is 0 Å². The molecule has 1 N–H and O–H groups in total. The molecule has 0 bridgehead atoms. The van der Waals surface area contributed by atoms with Crippen LogP contribution in [0.2, 0.25) is 13.3 Å². The minimum atomic E-state index is -1.98. The molecule has 0 aliphatic rings. The van der Waals surface area contributed by atoms with Crippen LogP contribution in [0.5, 0.6) is 0 Å². The van der Waals surface area contributed by atoms with Crippen molar-refractivity contribution >= 4 is 18.4 Å². The molecule has 0 aromatic carbocycles. The molecule has 1 unspecified atom stereocenters. The summed E-state index contributed by atoms with van der Waals surface area (Å²) < 4.78 is 5.78. The molecule has 0 fully saturated rings. The summed E-state index contributed by atoms with van der Waals surface area (Å²) in [5, 5.41) is 3.94. The van der Waals surface area contributed by atoms with Crippen molar-refractivity contribution in [1.29, 1.82) is 0 Å². The van der Waals surface area contributed by atoms with Crippen molar-refractivity contribution in [3.63, 3.8) is 0 Å². The minimum absolute atomic E-state index is 0.889. The van der Waals surface area contributed by atoms with E-state index in [1.165, 1.54) is 57.9 Å². The predicted molar refractivity (Wildman–Crippen MR) is 97.3 cm³/mol. The van der Waals surface area contributed by atoms with Gasteiger partial charge in [0.05, 0.1) is 0 Å². The fourth-order valence-corrected chi connectivity index (χ4v) is 19.9. The van der Waals surface area contributed by atoms with Gasteiger partial charge in [-0.05, 0) is 0 Å². The van der Waals surface area contributed by atoms with E-state index < -0.39 is 18.4 Å². The fraction of sp³-hybridized carbons (Fsp3) is 1.00. The van der Waals surface area contributed by atoms with Gasteiger partial charge in [-0.25, -0.2) is 0 Å². The van der Waals surface area contributed by atoms with Gasteiger partial charge in [-0.1, -0.05) is 0 Å². The Hall–Kier alpha value is 0.759. The van der Waals surface area contributed by atoms with Crippen molar-refractivity contribution in [3.8, 4) is 0 Å². The monoisotopic (exact) mass is 391 g/mol. The molecule has 0 aliphatic heterocycles. The number of rotatable bonds is 14. The van der Waals surface area contributed by atoms with E-state index in [1.807, 2.05) is 0 Å². The van der Waals surface area contributed by atoms with Crippen molar-refractivity contribution in [2.45, 2.75) is 103 Å². The Morgan fingerprint density at radius 3 is 1.45 bits per heavy atom. The molecular formula is C18H41NSn. The summed E-state index contributed by atoms with van der Waals surface area (Å²) in [5.74, 6) is 0. The standard InChI is InChI=1S/C6H14N.3C4H9.Sn/c1-3-5-6-7-4-2;3*1-3-4-2;/h4,7H,3,5-6H2,1-2H3;3*1,3-4H2,2H3;. The van der Waals surface area contributed by atoms with Gasteiger partial charge in [0.2, 0.25) is 0 Å². The molecule has 0 aliphatic carbocycles. The van der Waals surface area contributed by atoms with Crippen LogP contribution >= 0.6 is 0 Å². The zero-order valence-electron chi connectivity index (χ0n) is 15.1. The molecule has 2 heteroatoms. The first kappa shape index (κ1) is 20.8. The number of hydrogen-bond donors (Lipinski definition) is 1. The summed E-state index contributed by atoms with van der Waals surface area (Å²) in [7, 11) is 0. The average molecular weight is 390 g/mol. The first-order chi connectivity index (χ1) is 9.66. The molecule has 1 nitrogen and oxygen atoms in total. The Labute approximate surface area is 133 Å². The molecule has 0 saturated carbocycles. The maximum absolute atomic E-state index is 3.94. The van der Waals surface area contributed by atoms with E-state index in [1.54, 1.807) is 13.3 Å². The summed E-state index contributed by atoms with van der Waals surface area (Å²) in [5.41, 5.74) is 0. The van der Waals surface area contributed by atoms with Crippen LogP contribution in [0.1, 0.15) is 86.0 Å². The van der Waals surface area contributed by atoms with Gasteiger partial charge >= 0.3 is 134 Å². The molecule has 122 valence electrons. The van der Waals surface area contributed by atoms with Crippen LogP contribution in [0.15, 0.2) is 0 Å². The van der Waals surface area contributed by atoms with Gasteiger partial charge in [0.25, 0.3) is 0 Å². The first-order valence-corrected chi connectivity index (χ1v) is 17.1. The number of nitrogens with one attached hydrogen (secondary N) is 1. The topological polar surface area (TPSA) is 12.0 Å². The van der Waals surface area contributed by atoms with Gasteiger partial charge in [-0.3, -0.25) is 0 Å². The molecule has 0 radical (unpaired) electrons. The maximum atomic E-state index is 3.94. The van der Waals surface area contributed by atoms with E-state index in [9.17, 15) is 0 Å². The summed E-state index contributed by atoms with van der Waals surface area (Å²) >= 11 is -1.98. The Bertz CT molecular complexity index is 184. The summed E-state index contributed by atoms with van der Waals surface area (Å²) in [6.45, 7) is 13.2. The van der Waals surface area contributed by atoms with Crippen molar-refractivity contribution in [1.82, 2.24) is 5.32 Å². The van der Waals surface area contributed by atoms with Gasteiger partial charge in [-0.2, -0.15) is 0 Å². The van der Waals surface area contributed by atoms with Crippen LogP contribution in [-0.4, -0.2) is 29.0 Å². The summed E-state index contributed by atoms with van der Waals surface area (Å²) in [6.07, 6.45) is 11.3. The van der Waals surface area contributed by atoms with Crippen LogP contribution in [0.3, 0.4) is 0 Å². The van der Waals surface area contributed by atoms with Crippen molar-refractivity contribution in [2.24, 2.45) is 0 Å². The predicted octanol–water partition coefficient (Wildman–Crippen LogP) is 6.15. The normalized spacial score (nSPS) is 13.7. The summed E-state index contributed by atoms with van der Waals surface area (Å²) in [6, 6.07) is 0. The van der Waals surface area contributed by atoms with Crippen LogP contribution < -0.4 is 5.32 Å². The zero-order chi connectivity index (χ0) is 15.3. The molecule has 0 spiro atoms. The van der Waals surface area contributed by atoms with Crippen molar-refractivity contribution in [3.05, 3.63) is 0 Å². The van der Waals surface area contributed by atoms with E-state index in [0.29, 0.717) is 0 Å². The second-order valence-electron chi connectivity index (χ2n) is 6.70. The van der Waals surface area contributed by atoms with Gasteiger partial charge in [0, 0.05) is 0 Å². The molecule has 20 heavy (non-hydrogen) atoms. The third kappa shape index (κ3) is 8.26. The molecule has 0 heterocycles. The van der Waals surface area contributed by atoms with Gasteiger partial charge < -0.3 is 0 Å². The third-order valence-electron chi connectivity index (χ3n) is 4.98. The quantitative estimate of drug-likeness (QED) is 0.277. The summed E-state index contributed by atoms with van der Waals surface area (Å²) in [4.78, 5) is 0. The van der Waals surface area contributed by atoms with Gasteiger partial charge in [0.1, 0.15) is 0 Å². The zero-order valence-corrected chi connectivity index (χ0v) is 17.9. The van der Waals surface area contributed by atoms with Crippen LogP contribution in [0.25, 0.3) is 0 Å². The molecular weight excluding hydrogens is 349 g/mol. The van der Waals surface area contributed by atoms with E-state index in [0.717, 1.165) is 4.06 Å². The molecule has 0 aromatic rings. The Morgan fingerprint density at radius 1 is 0.700 bits per heavy atom. The van der Waals surface area contributed by atoms with E-state index in [-0.39, 0.29) is 0 Å². The van der Waals surface area contributed by atoms with E-state index in [4.69, 9.17) is 0 Å². The van der Waals surface area contributed by atoms with Crippen molar-refractivity contribution in [2.75, 3.05) is 6.54 Å². The molecule has 0 aromatic heterocycles. The molecule has 0 rings (SSSR count). The Morgan fingerprint density at radius 2 is 1.10 bits per heavy atom. The van der Waals surface area contributed by atoms with Crippen LogP contribution in [0, 0.1) is 0 Å². The second-order valence-corrected chi connectivity index (χ2v) is 21.2. The average Bonchev–Trinajstić information content (AvgIpc) is 2.47. The van der Waals surface area contributed by atoms with Crippen molar-refractivity contribution < 1.29 is 0 Å². The van der Waals surface area contributed by atoms with Gasteiger partial charge in [-0.15, -0.1) is 0 Å².